The molecular formula is C16H10Cl2N2O2. The second kappa shape index (κ2) is 6.22. The van der Waals surface area contributed by atoms with E-state index in [0.29, 0.717) is 27.1 Å². The number of carbonyl (C=O) groups is 1. The molecule has 1 amide bonds. The molecule has 0 bridgehead atoms. The minimum Gasteiger partial charge on any atom is -0.444 e. The minimum absolute atomic E-state index is 0.281. The van der Waals surface area contributed by atoms with Crippen molar-refractivity contribution < 1.29 is 9.21 Å². The molecule has 22 heavy (non-hydrogen) atoms. The van der Waals surface area contributed by atoms with Crippen LogP contribution in [0.2, 0.25) is 10.0 Å². The lowest BCUT2D eigenvalue weighted by Crippen LogP contribution is -2.11. The number of benzene rings is 2. The van der Waals surface area contributed by atoms with Crippen molar-refractivity contribution in [1.82, 2.24) is 4.98 Å². The third-order valence-corrected chi connectivity index (χ3v) is 3.42. The molecule has 0 atom stereocenters. The molecule has 3 rings (SSSR count). The monoisotopic (exact) mass is 332 g/mol. The van der Waals surface area contributed by atoms with E-state index in [4.69, 9.17) is 27.6 Å². The van der Waals surface area contributed by atoms with Gasteiger partial charge in [0.15, 0.2) is 12.2 Å². The molecule has 0 aliphatic heterocycles. The van der Waals surface area contributed by atoms with Crippen LogP contribution in [0, 0.1) is 0 Å². The van der Waals surface area contributed by atoms with Crippen molar-refractivity contribution in [1.29, 1.82) is 0 Å². The summed E-state index contributed by atoms with van der Waals surface area (Å²) in [5.41, 5.74) is 1.93. The van der Waals surface area contributed by atoms with Crippen LogP contribution >= 0.6 is 23.2 Å². The Morgan fingerprint density at radius 1 is 1.05 bits per heavy atom. The number of carbonyl (C=O) groups excluding carboxylic acids is 1. The predicted octanol–water partition coefficient (Wildman–Crippen LogP) is 4.90. The Morgan fingerprint density at radius 3 is 2.32 bits per heavy atom. The molecule has 1 N–H and O–H groups in total. The fourth-order valence-corrected chi connectivity index (χ4v) is 2.49. The van der Waals surface area contributed by atoms with Crippen LogP contribution in [0.4, 0.5) is 5.69 Å². The van der Waals surface area contributed by atoms with Crippen molar-refractivity contribution in [3.05, 3.63) is 70.7 Å². The average molecular weight is 333 g/mol. The van der Waals surface area contributed by atoms with Crippen LogP contribution in [0.3, 0.4) is 0 Å². The first-order valence-electron chi connectivity index (χ1n) is 6.38. The fourth-order valence-electron chi connectivity index (χ4n) is 1.96. The Kier molecular flexibility index (Phi) is 4.13. The molecular weight excluding hydrogens is 323 g/mol. The van der Waals surface area contributed by atoms with Gasteiger partial charge in [0, 0.05) is 26.9 Å². The number of hydrogen-bond acceptors (Lipinski definition) is 3. The van der Waals surface area contributed by atoms with Crippen molar-refractivity contribution in [2.75, 3.05) is 5.32 Å². The van der Waals surface area contributed by atoms with E-state index in [0.717, 1.165) is 5.56 Å². The largest absolute Gasteiger partial charge is 0.444 e. The summed E-state index contributed by atoms with van der Waals surface area (Å²) in [4.78, 5) is 16.0. The van der Waals surface area contributed by atoms with Gasteiger partial charge in [-0.25, -0.2) is 4.98 Å². The van der Waals surface area contributed by atoms with Crippen molar-refractivity contribution in [2.24, 2.45) is 0 Å². The molecule has 1 heterocycles. The standard InChI is InChI=1S/C16H10Cl2N2O2/c17-12-5-11(6-13(18)7-12)16(21)20-14-3-1-10(2-4-14)15-8-19-9-22-15/h1-9H,(H,20,21). The Balaban J connectivity index is 1.76. The Bertz CT molecular complexity index is 779. The average Bonchev–Trinajstić information content (AvgIpc) is 3.01. The van der Waals surface area contributed by atoms with E-state index in [9.17, 15) is 4.79 Å². The minimum atomic E-state index is -0.281. The Morgan fingerprint density at radius 2 is 1.73 bits per heavy atom. The summed E-state index contributed by atoms with van der Waals surface area (Å²) in [5.74, 6) is 0.385. The van der Waals surface area contributed by atoms with Crippen LogP contribution in [-0.4, -0.2) is 10.9 Å². The van der Waals surface area contributed by atoms with E-state index in [2.05, 4.69) is 10.3 Å². The maximum atomic E-state index is 12.2. The van der Waals surface area contributed by atoms with Crippen LogP contribution in [0.1, 0.15) is 10.4 Å². The molecule has 0 unspecified atom stereocenters. The summed E-state index contributed by atoms with van der Waals surface area (Å²) < 4.78 is 5.21. The zero-order chi connectivity index (χ0) is 15.5. The summed E-state index contributed by atoms with van der Waals surface area (Å²) in [5, 5.41) is 3.61. The van der Waals surface area contributed by atoms with Crippen molar-refractivity contribution in [2.45, 2.75) is 0 Å². The molecule has 0 saturated heterocycles. The predicted molar refractivity (Wildman–Crippen MR) is 86.4 cm³/mol. The summed E-state index contributed by atoms with van der Waals surface area (Å²) in [6.07, 6.45) is 3.00. The third-order valence-electron chi connectivity index (χ3n) is 2.98. The molecule has 1 aromatic heterocycles. The number of nitrogens with one attached hydrogen (secondary N) is 1. The van der Waals surface area contributed by atoms with E-state index < -0.39 is 0 Å². The first-order valence-corrected chi connectivity index (χ1v) is 7.14. The molecule has 3 aromatic rings. The van der Waals surface area contributed by atoms with Gasteiger partial charge in [0.25, 0.3) is 5.91 Å². The number of oxazole rings is 1. The maximum Gasteiger partial charge on any atom is 0.255 e. The van der Waals surface area contributed by atoms with E-state index >= 15 is 0 Å². The van der Waals surface area contributed by atoms with Crippen molar-refractivity contribution >= 4 is 34.8 Å². The van der Waals surface area contributed by atoms with Crippen LogP contribution in [0.15, 0.2) is 59.5 Å². The number of hydrogen-bond donors (Lipinski definition) is 1. The fraction of sp³-hybridized carbons (Fsp3) is 0. The van der Waals surface area contributed by atoms with Gasteiger partial charge in [-0.15, -0.1) is 0 Å². The van der Waals surface area contributed by atoms with Gasteiger partial charge >= 0.3 is 0 Å². The number of rotatable bonds is 3. The van der Waals surface area contributed by atoms with Gasteiger partial charge < -0.3 is 9.73 Å². The highest BCUT2D eigenvalue weighted by molar-refractivity contribution is 6.35. The summed E-state index contributed by atoms with van der Waals surface area (Å²) in [6.45, 7) is 0. The molecule has 0 fully saturated rings. The van der Waals surface area contributed by atoms with Crippen LogP contribution in [0.25, 0.3) is 11.3 Å². The number of halogens is 2. The van der Waals surface area contributed by atoms with Crippen LogP contribution < -0.4 is 5.32 Å². The molecule has 2 aromatic carbocycles. The molecule has 0 aliphatic rings. The number of nitrogens with zero attached hydrogens (tertiary/aromatic N) is 1. The van der Waals surface area contributed by atoms with Crippen molar-refractivity contribution in [3.8, 4) is 11.3 Å². The van der Waals surface area contributed by atoms with Crippen molar-refractivity contribution in [3.63, 3.8) is 0 Å². The molecule has 110 valence electrons. The second-order valence-electron chi connectivity index (χ2n) is 4.56. The van der Waals surface area contributed by atoms with Gasteiger partial charge in [0.05, 0.1) is 6.20 Å². The highest BCUT2D eigenvalue weighted by Gasteiger charge is 2.09. The van der Waals surface area contributed by atoms with Gasteiger partial charge in [-0.05, 0) is 42.5 Å². The summed E-state index contributed by atoms with van der Waals surface area (Å²) in [7, 11) is 0. The van der Waals surface area contributed by atoms with E-state index in [1.165, 1.54) is 6.39 Å². The molecule has 4 nitrogen and oxygen atoms in total. The van der Waals surface area contributed by atoms with E-state index in [1.54, 1.807) is 36.5 Å². The maximum absolute atomic E-state index is 12.2. The number of anilines is 1. The van der Waals surface area contributed by atoms with Gasteiger partial charge in [-0.2, -0.15) is 0 Å². The second-order valence-corrected chi connectivity index (χ2v) is 5.43. The molecule has 0 spiro atoms. The van der Waals surface area contributed by atoms with Crippen LogP contribution in [-0.2, 0) is 0 Å². The zero-order valence-corrected chi connectivity index (χ0v) is 12.7. The first kappa shape index (κ1) is 14.6. The van der Waals surface area contributed by atoms with E-state index in [1.807, 2.05) is 12.1 Å². The number of aromatic nitrogens is 1. The van der Waals surface area contributed by atoms with Crippen LogP contribution in [0.5, 0.6) is 0 Å². The highest BCUT2D eigenvalue weighted by Crippen LogP contribution is 2.22. The molecule has 0 aliphatic carbocycles. The Hall–Kier alpha value is -2.30. The van der Waals surface area contributed by atoms with E-state index in [-0.39, 0.29) is 5.91 Å². The highest BCUT2D eigenvalue weighted by atomic mass is 35.5. The number of amides is 1. The molecule has 0 radical (unpaired) electrons. The van der Waals surface area contributed by atoms with Gasteiger partial charge in [-0.3, -0.25) is 4.79 Å². The van der Waals surface area contributed by atoms with Gasteiger partial charge in [0.2, 0.25) is 0 Å². The first-order chi connectivity index (χ1) is 10.6. The summed E-state index contributed by atoms with van der Waals surface area (Å²) in [6, 6.07) is 11.9. The third kappa shape index (κ3) is 3.30. The smallest absolute Gasteiger partial charge is 0.255 e. The SMILES string of the molecule is O=C(Nc1ccc(-c2cnco2)cc1)c1cc(Cl)cc(Cl)c1. The Labute approximate surface area is 136 Å². The van der Waals surface area contributed by atoms with Gasteiger partial charge in [0.1, 0.15) is 0 Å². The van der Waals surface area contributed by atoms with Gasteiger partial charge in [-0.1, -0.05) is 23.2 Å². The normalized spacial score (nSPS) is 10.5. The lowest BCUT2D eigenvalue weighted by Gasteiger charge is -2.07. The summed E-state index contributed by atoms with van der Waals surface area (Å²) >= 11 is 11.8. The molecule has 6 heteroatoms. The lowest BCUT2D eigenvalue weighted by molar-refractivity contribution is 0.102. The lowest BCUT2D eigenvalue weighted by atomic mass is 10.1. The quantitative estimate of drug-likeness (QED) is 0.742. The zero-order valence-electron chi connectivity index (χ0n) is 11.2. The molecule has 0 saturated carbocycles. The topological polar surface area (TPSA) is 55.1 Å².